The Hall–Kier alpha value is 0.0300. The molecule has 0 spiro atoms. The van der Waals surface area contributed by atoms with Crippen LogP contribution in [0.5, 0.6) is 0 Å². The molecule has 9 heavy (non-hydrogen) atoms. The van der Waals surface area contributed by atoms with Crippen molar-refractivity contribution >= 4 is 11.6 Å². The number of halogens is 1. The normalized spacial score (nSPS) is 12.9. The summed E-state index contributed by atoms with van der Waals surface area (Å²) in [6.45, 7) is 6.30. The molecular weight excluding hydrogens is 132 g/mol. The lowest BCUT2D eigenvalue weighted by Gasteiger charge is -2.00. The second kappa shape index (κ2) is 4.87. The quantitative estimate of drug-likeness (QED) is 0.423. The van der Waals surface area contributed by atoms with E-state index in [1.165, 1.54) is 5.57 Å². The number of alkyl halides is 1. The fraction of sp³-hybridized carbons (Fsp3) is 0.750. The Bertz CT molecular complexity index is 90.7. The third kappa shape index (κ3) is 5.91. The van der Waals surface area contributed by atoms with Crippen LogP contribution in [-0.4, -0.2) is 5.38 Å². The van der Waals surface area contributed by atoms with Crippen molar-refractivity contribution in [1.29, 1.82) is 0 Å². The first-order valence-corrected chi connectivity index (χ1v) is 3.89. The van der Waals surface area contributed by atoms with E-state index in [2.05, 4.69) is 26.8 Å². The highest BCUT2D eigenvalue weighted by molar-refractivity contribution is 6.21. The molecule has 0 saturated carbocycles. The molecule has 0 saturated heterocycles. The number of hydrogen-bond acceptors (Lipinski definition) is 0. The van der Waals surface area contributed by atoms with Crippen LogP contribution in [0, 0.1) is 0 Å². The van der Waals surface area contributed by atoms with Crippen molar-refractivity contribution in [2.45, 2.75) is 39.0 Å². The third-order valence-electron chi connectivity index (χ3n) is 1.08. The highest BCUT2D eigenvalue weighted by Crippen LogP contribution is 2.08. The maximum atomic E-state index is 5.90. The molecule has 0 rings (SSSR count). The largest absolute Gasteiger partial charge is 0.118 e. The van der Waals surface area contributed by atoms with Crippen molar-refractivity contribution in [3.63, 3.8) is 0 Å². The topological polar surface area (TPSA) is 0 Å². The van der Waals surface area contributed by atoms with Gasteiger partial charge in [-0.05, 0) is 20.3 Å². The lowest BCUT2D eigenvalue weighted by atomic mass is 10.2. The van der Waals surface area contributed by atoms with Gasteiger partial charge in [0.15, 0.2) is 0 Å². The minimum atomic E-state index is 0.250. The molecule has 0 aromatic carbocycles. The smallest absolute Gasteiger partial charge is 0.0518 e. The summed E-state index contributed by atoms with van der Waals surface area (Å²) in [5.74, 6) is 0. The number of rotatable bonds is 3. The minimum absolute atomic E-state index is 0.250. The van der Waals surface area contributed by atoms with Crippen LogP contribution in [0.25, 0.3) is 0 Å². The summed E-state index contributed by atoms with van der Waals surface area (Å²) in [5, 5.41) is 0.250. The van der Waals surface area contributed by atoms with Gasteiger partial charge < -0.3 is 0 Å². The van der Waals surface area contributed by atoms with E-state index in [4.69, 9.17) is 11.6 Å². The molecular formula is C8H15Cl. The van der Waals surface area contributed by atoms with Crippen LogP contribution in [0.1, 0.15) is 33.6 Å². The van der Waals surface area contributed by atoms with Gasteiger partial charge in [0.2, 0.25) is 0 Å². The molecule has 0 nitrogen and oxygen atoms in total. The maximum absolute atomic E-state index is 5.90. The SMILES string of the molecule is CCCC(Cl)C=C(C)C. The summed E-state index contributed by atoms with van der Waals surface area (Å²) < 4.78 is 0. The van der Waals surface area contributed by atoms with Crippen LogP contribution in [0.3, 0.4) is 0 Å². The van der Waals surface area contributed by atoms with Gasteiger partial charge in [-0.2, -0.15) is 0 Å². The van der Waals surface area contributed by atoms with Crippen LogP contribution in [0.15, 0.2) is 11.6 Å². The van der Waals surface area contributed by atoms with Crippen molar-refractivity contribution < 1.29 is 0 Å². The number of allylic oxidation sites excluding steroid dienone is 2. The average Bonchev–Trinajstić information content (AvgIpc) is 1.63. The van der Waals surface area contributed by atoms with Crippen molar-refractivity contribution in [2.24, 2.45) is 0 Å². The molecule has 1 unspecified atom stereocenters. The molecule has 0 heterocycles. The van der Waals surface area contributed by atoms with Gasteiger partial charge in [-0.25, -0.2) is 0 Å². The van der Waals surface area contributed by atoms with Gasteiger partial charge in [-0.15, -0.1) is 11.6 Å². The minimum Gasteiger partial charge on any atom is -0.118 e. The van der Waals surface area contributed by atoms with Gasteiger partial charge in [-0.3, -0.25) is 0 Å². The molecule has 54 valence electrons. The molecule has 1 heteroatoms. The summed E-state index contributed by atoms with van der Waals surface area (Å²) in [4.78, 5) is 0. The summed E-state index contributed by atoms with van der Waals surface area (Å²) >= 11 is 5.90. The molecule has 0 aliphatic heterocycles. The van der Waals surface area contributed by atoms with E-state index in [1.54, 1.807) is 0 Å². The van der Waals surface area contributed by atoms with E-state index in [0.717, 1.165) is 12.8 Å². The molecule has 0 aliphatic carbocycles. The molecule has 0 aromatic heterocycles. The zero-order valence-electron chi connectivity index (χ0n) is 6.45. The van der Waals surface area contributed by atoms with Crippen LogP contribution in [-0.2, 0) is 0 Å². The lowest BCUT2D eigenvalue weighted by molar-refractivity contribution is 0.817. The lowest BCUT2D eigenvalue weighted by Crippen LogP contribution is -1.91. The highest BCUT2D eigenvalue weighted by atomic mass is 35.5. The second-order valence-corrected chi connectivity index (χ2v) is 3.11. The van der Waals surface area contributed by atoms with Gasteiger partial charge in [0, 0.05) is 0 Å². The number of hydrogen-bond donors (Lipinski definition) is 0. The monoisotopic (exact) mass is 146 g/mol. The Labute approximate surface area is 62.9 Å². The Balaban J connectivity index is 3.49. The molecule has 0 amide bonds. The molecule has 0 radical (unpaired) electrons. The molecule has 0 aromatic rings. The van der Waals surface area contributed by atoms with Crippen molar-refractivity contribution in [3.8, 4) is 0 Å². The maximum Gasteiger partial charge on any atom is 0.0518 e. The standard InChI is InChI=1S/C8H15Cl/c1-4-5-8(9)6-7(2)3/h6,8H,4-5H2,1-3H3. The average molecular weight is 147 g/mol. The van der Waals surface area contributed by atoms with Crippen molar-refractivity contribution in [2.75, 3.05) is 0 Å². The Morgan fingerprint density at radius 1 is 1.56 bits per heavy atom. The fourth-order valence-corrected chi connectivity index (χ4v) is 1.19. The van der Waals surface area contributed by atoms with Gasteiger partial charge in [0.25, 0.3) is 0 Å². The van der Waals surface area contributed by atoms with E-state index in [0.29, 0.717) is 0 Å². The molecule has 0 N–H and O–H groups in total. The molecule has 0 fully saturated rings. The molecule has 0 bridgehead atoms. The van der Waals surface area contributed by atoms with Gasteiger partial charge >= 0.3 is 0 Å². The Morgan fingerprint density at radius 2 is 2.11 bits per heavy atom. The van der Waals surface area contributed by atoms with Crippen LogP contribution in [0.2, 0.25) is 0 Å². The second-order valence-electron chi connectivity index (χ2n) is 2.55. The first-order chi connectivity index (χ1) is 4.16. The first kappa shape index (κ1) is 9.03. The zero-order chi connectivity index (χ0) is 7.28. The van der Waals surface area contributed by atoms with Crippen LogP contribution >= 0.6 is 11.6 Å². The van der Waals surface area contributed by atoms with Crippen molar-refractivity contribution in [1.82, 2.24) is 0 Å². The highest BCUT2D eigenvalue weighted by Gasteiger charge is 1.95. The fourth-order valence-electron chi connectivity index (χ4n) is 0.721. The molecule has 0 aliphatic rings. The van der Waals surface area contributed by atoms with Crippen LogP contribution < -0.4 is 0 Å². The Morgan fingerprint density at radius 3 is 2.44 bits per heavy atom. The van der Waals surface area contributed by atoms with E-state index in [-0.39, 0.29) is 5.38 Å². The van der Waals surface area contributed by atoms with E-state index in [9.17, 15) is 0 Å². The summed E-state index contributed by atoms with van der Waals surface area (Å²) in [6, 6.07) is 0. The predicted octanol–water partition coefficient (Wildman–Crippen LogP) is 3.36. The van der Waals surface area contributed by atoms with Crippen LogP contribution in [0.4, 0.5) is 0 Å². The third-order valence-corrected chi connectivity index (χ3v) is 1.42. The summed E-state index contributed by atoms with van der Waals surface area (Å²) in [6.07, 6.45) is 4.36. The van der Waals surface area contributed by atoms with E-state index < -0.39 is 0 Å². The molecule has 1 atom stereocenters. The van der Waals surface area contributed by atoms with Gasteiger partial charge in [0.05, 0.1) is 5.38 Å². The predicted molar refractivity (Wildman–Crippen MR) is 44.0 cm³/mol. The Kier molecular flexibility index (Phi) is 4.88. The summed E-state index contributed by atoms with van der Waals surface area (Å²) in [7, 11) is 0. The van der Waals surface area contributed by atoms with E-state index >= 15 is 0 Å². The zero-order valence-corrected chi connectivity index (χ0v) is 7.20. The van der Waals surface area contributed by atoms with Crippen molar-refractivity contribution in [3.05, 3.63) is 11.6 Å². The van der Waals surface area contributed by atoms with E-state index in [1.807, 2.05) is 0 Å². The van der Waals surface area contributed by atoms with Gasteiger partial charge in [-0.1, -0.05) is 25.0 Å². The van der Waals surface area contributed by atoms with Gasteiger partial charge in [0.1, 0.15) is 0 Å². The first-order valence-electron chi connectivity index (χ1n) is 3.46. The summed E-state index contributed by atoms with van der Waals surface area (Å²) in [5.41, 5.74) is 1.31.